The molecule has 2 aromatic carbocycles. The van der Waals surface area contributed by atoms with Crippen molar-refractivity contribution in [2.45, 2.75) is 18.9 Å². The molecule has 0 saturated carbocycles. The topological polar surface area (TPSA) is 122 Å². The number of likely N-dealkylation sites (tertiary alicyclic amines) is 1. The Morgan fingerprint density at radius 2 is 1.76 bits per heavy atom. The molecule has 8 heteroatoms. The van der Waals surface area contributed by atoms with Crippen LogP contribution in [-0.4, -0.2) is 53.1 Å². The van der Waals surface area contributed by atoms with Crippen LogP contribution in [-0.2, 0) is 4.79 Å². The van der Waals surface area contributed by atoms with E-state index < -0.39 is 18.6 Å². The second-order valence-corrected chi connectivity index (χ2v) is 6.63. The molecule has 1 aliphatic rings. The average Bonchev–Trinajstić information content (AvgIpc) is 3.22. The third-order valence-corrected chi connectivity index (χ3v) is 4.70. The lowest BCUT2D eigenvalue weighted by molar-refractivity contribution is -0.139. The number of hydrogen-bond donors (Lipinski definition) is 2. The van der Waals surface area contributed by atoms with E-state index >= 15 is 0 Å². The molecule has 3 rings (SSSR count). The van der Waals surface area contributed by atoms with Crippen LogP contribution in [0.3, 0.4) is 0 Å². The molecule has 0 radical (unpaired) electrons. The van der Waals surface area contributed by atoms with Gasteiger partial charge >= 0.3 is 5.97 Å². The van der Waals surface area contributed by atoms with Crippen LogP contribution in [0.5, 0.6) is 5.75 Å². The number of ketones is 1. The number of ether oxygens (including phenoxy) is 1. The lowest BCUT2D eigenvalue weighted by atomic mass is 10.0. The molecular formula is C21H21N3O5. The molecule has 2 aromatic rings. The number of carboxylic acids is 1. The van der Waals surface area contributed by atoms with E-state index in [0.29, 0.717) is 29.8 Å². The molecule has 1 fully saturated rings. The molecule has 3 N–H and O–H groups in total. The van der Waals surface area contributed by atoms with Crippen molar-refractivity contribution >= 4 is 23.9 Å². The summed E-state index contributed by atoms with van der Waals surface area (Å²) in [6.07, 6.45) is 2.83. The Bertz CT molecular complexity index is 922. The summed E-state index contributed by atoms with van der Waals surface area (Å²) in [5.41, 5.74) is 1.73. The largest absolute Gasteiger partial charge is 0.482 e. The van der Waals surface area contributed by atoms with Gasteiger partial charge in [0.15, 0.2) is 12.4 Å². The van der Waals surface area contributed by atoms with Crippen LogP contribution >= 0.6 is 0 Å². The summed E-state index contributed by atoms with van der Waals surface area (Å²) < 4.78 is 5.08. The van der Waals surface area contributed by atoms with Gasteiger partial charge in [0.1, 0.15) is 5.75 Å². The minimum Gasteiger partial charge on any atom is -0.482 e. The van der Waals surface area contributed by atoms with Gasteiger partial charge in [-0.15, -0.1) is 0 Å². The van der Waals surface area contributed by atoms with Crippen molar-refractivity contribution in [2.24, 2.45) is 10.9 Å². The Kier molecular flexibility index (Phi) is 6.23. The zero-order valence-electron chi connectivity index (χ0n) is 15.7. The zero-order chi connectivity index (χ0) is 20.8. The van der Waals surface area contributed by atoms with Crippen LogP contribution in [0, 0.1) is 0 Å². The number of hydrogen-bond acceptors (Lipinski definition) is 6. The number of carbonyl (C=O) groups excluding carboxylic acids is 2. The minimum atomic E-state index is -1.08. The van der Waals surface area contributed by atoms with Crippen molar-refractivity contribution in [1.29, 1.82) is 0 Å². The molecule has 0 aliphatic carbocycles. The van der Waals surface area contributed by atoms with Crippen molar-refractivity contribution in [2.75, 3.05) is 13.2 Å². The molecule has 1 atom stereocenters. The zero-order valence-corrected chi connectivity index (χ0v) is 15.7. The van der Waals surface area contributed by atoms with E-state index in [-0.39, 0.29) is 11.7 Å². The number of aliphatic carboxylic acids is 1. The maximum atomic E-state index is 12.9. The van der Waals surface area contributed by atoms with Gasteiger partial charge in [-0.1, -0.05) is 12.1 Å². The predicted octanol–water partition coefficient (Wildman–Crippen LogP) is 1.93. The summed E-state index contributed by atoms with van der Waals surface area (Å²) in [5, 5.41) is 12.1. The number of carboxylic acid groups (broad SMARTS) is 1. The van der Waals surface area contributed by atoms with Crippen LogP contribution < -0.4 is 10.6 Å². The molecule has 0 spiro atoms. The maximum absolute atomic E-state index is 12.9. The van der Waals surface area contributed by atoms with Crippen LogP contribution in [0.1, 0.15) is 39.1 Å². The van der Waals surface area contributed by atoms with Gasteiger partial charge in [0, 0.05) is 17.7 Å². The number of Topliss-reactive ketones (excluding diaryl/α,β-unsaturated/α-hetero) is 1. The van der Waals surface area contributed by atoms with Crippen molar-refractivity contribution in [3.63, 3.8) is 0 Å². The number of rotatable bonds is 7. The highest BCUT2D eigenvalue weighted by Gasteiger charge is 2.34. The number of amides is 1. The Labute approximate surface area is 167 Å². The molecule has 1 saturated heterocycles. The molecule has 0 bridgehead atoms. The third kappa shape index (κ3) is 4.78. The van der Waals surface area contributed by atoms with Crippen LogP contribution in [0.4, 0.5) is 0 Å². The first kappa shape index (κ1) is 20.1. The second kappa shape index (κ2) is 9.01. The van der Waals surface area contributed by atoms with E-state index in [4.69, 9.17) is 15.7 Å². The monoisotopic (exact) mass is 395 g/mol. The Balaban J connectivity index is 1.71. The average molecular weight is 395 g/mol. The summed E-state index contributed by atoms with van der Waals surface area (Å²) in [4.78, 5) is 38.0. The number of benzene rings is 2. The SMILES string of the molecule is NN=Cc1ccc(C(=O)N2CCCC2C(=O)c2ccc(OCC(=O)O)cc2)cc1. The van der Waals surface area contributed by atoms with Crippen LogP contribution in [0.15, 0.2) is 53.6 Å². The number of nitrogens with zero attached hydrogens (tertiary/aromatic N) is 2. The first-order valence-corrected chi connectivity index (χ1v) is 9.13. The summed E-state index contributed by atoms with van der Waals surface area (Å²) in [6, 6.07) is 12.6. The molecule has 1 aliphatic heterocycles. The number of carbonyl (C=O) groups is 3. The van der Waals surface area contributed by atoms with Gasteiger partial charge < -0.3 is 20.6 Å². The Hall–Kier alpha value is -3.68. The Morgan fingerprint density at radius 3 is 2.38 bits per heavy atom. The molecule has 0 aromatic heterocycles. The molecule has 29 heavy (non-hydrogen) atoms. The van der Waals surface area contributed by atoms with E-state index in [1.807, 2.05) is 0 Å². The van der Waals surface area contributed by atoms with Crippen molar-refractivity contribution < 1.29 is 24.2 Å². The highest BCUT2D eigenvalue weighted by Crippen LogP contribution is 2.24. The molecule has 150 valence electrons. The highest BCUT2D eigenvalue weighted by molar-refractivity contribution is 6.04. The molecule has 8 nitrogen and oxygen atoms in total. The van der Waals surface area contributed by atoms with E-state index in [2.05, 4.69) is 5.10 Å². The molecule has 1 unspecified atom stereocenters. The van der Waals surface area contributed by atoms with Gasteiger partial charge in [-0.05, 0) is 54.8 Å². The summed E-state index contributed by atoms with van der Waals surface area (Å²) in [7, 11) is 0. The first-order valence-electron chi connectivity index (χ1n) is 9.13. The smallest absolute Gasteiger partial charge is 0.341 e. The van der Waals surface area contributed by atoms with Gasteiger partial charge in [-0.25, -0.2) is 4.79 Å². The summed E-state index contributed by atoms with van der Waals surface area (Å²) in [5.74, 6) is 4.08. The number of nitrogens with two attached hydrogens (primary N) is 1. The van der Waals surface area contributed by atoms with Gasteiger partial charge in [-0.2, -0.15) is 5.10 Å². The van der Waals surface area contributed by atoms with Crippen molar-refractivity contribution in [3.8, 4) is 5.75 Å². The molecular weight excluding hydrogens is 374 g/mol. The van der Waals surface area contributed by atoms with Gasteiger partial charge in [0.25, 0.3) is 5.91 Å². The maximum Gasteiger partial charge on any atom is 0.341 e. The molecule has 1 heterocycles. The fourth-order valence-electron chi connectivity index (χ4n) is 3.30. The van der Waals surface area contributed by atoms with Crippen molar-refractivity contribution in [1.82, 2.24) is 4.90 Å². The van der Waals surface area contributed by atoms with Gasteiger partial charge in [0.05, 0.1) is 12.3 Å². The fourth-order valence-corrected chi connectivity index (χ4v) is 3.30. The van der Waals surface area contributed by atoms with E-state index in [1.165, 1.54) is 6.21 Å². The Morgan fingerprint density at radius 1 is 1.10 bits per heavy atom. The summed E-state index contributed by atoms with van der Waals surface area (Å²) in [6.45, 7) is 0.0647. The minimum absolute atomic E-state index is 0.146. The van der Waals surface area contributed by atoms with Crippen LogP contribution in [0.2, 0.25) is 0 Å². The highest BCUT2D eigenvalue weighted by atomic mass is 16.5. The normalized spacial score (nSPS) is 16.1. The van der Waals surface area contributed by atoms with E-state index in [0.717, 1.165) is 12.0 Å². The number of hydrazone groups is 1. The second-order valence-electron chi connectivity index (χ2n) is 6.63. The van der Waals surface area contributed by atoms with E-state index in [1.54, 1.807) is 53.4 Å². The first-order chi connectivity index (χ1) is 14.0. The fraction of sp³-hybridized carbons (Fsp3) is 0.238. The van der Waals surface area contributed by atoms with Crippen molar-refractivity contribution in [3.05, 3.63) is 65.2 Å². The quantitative estimate of drug-likeness (QED) is 0.320. The standard InChI is InChI=1S/C21H21N3O5/c22-23-12-14-3-5-16(6-4-14)21(28)24-11-1-2-18(24)20(27)15-7-9-17(10-8-15)29-13-19(25)26/h3-10,12,18H,1-2,11,13,22H2,(H,25,26). The lowest BCUT2D eigenvalue weighted by Gasteiger charge is -2.24. The van der Waals surface area contributed by atoms with Gasteiger partial charge in [-0.3, -0.25) is 9.59 Å². The lowest BCUT2D eigenvalue weighted by Crippen LogP contribution is -2.40. The van der Waals surface area contributed by atoms with Crippen LogP contribution in [0.25, 0.3) is 0 Å². The van der Waals surface area contributed by atoms with E-state index in [9.17, 15) is 14.4 Å². The molecule has 1 amide bonds. The summed E-state index contributed by atoms with van der Waals surface area (Å²) >= 11 is 0. The third-order valence-electron chi connectivity index (χ3n) is 4.70. The van der Waals surface area contributed by atoms with Gasteiger partial charge in [0.2, 0.25) is 0 Å². The predicted molar refractivity (Wildman–Crippen MR) is 106 cm³/mol.